The normalized spacial score (nSPS) is 11.2. The Hall–Kier alpha value is -2.15. The van der Waals surface area contributed by atoms with Crippen molar-refractivity contribution in [1.82, 2.24) is 0 Å². The van der Waals surface area contributed by atoms with Crippen molar-refractivity contribution in [3.63, 3.8) is 0 Å². The first-order chi connectivity index (χ1) is 11.7. The Morgan fingerprint density at radius 3 is 1.67 bits per heavy atom. The maximum Gasteiger partial charge on any atom is 0.207 e. The molecule has 0 unspecified atom stereocenters. The van der Waals surface area contributed by atoms with Crippen LogP contribution in [0.4, 0.5) is 0 Å². The van der Waals surface area contributed by atoms with Crippen LogP contribution in [-0.2, 0) is 11.1 Å². The Labute approximate surface area is 144 Å². The Balaban J connectivity index is 1.88. The molecule has 0 atom stereocenters. The van der Waals surface area contributed by atoms with Gasteiger partial charge in [0.05, 0.1) is 13.8 Å². The molecule has 0 amide bonds. The molecule has 0 saturated carbocycles. The molecular weight excluding hydrogens is 315 g/mol. The number of methoxy groups -OCH3 is 1. The van der Waals surface area contributed by atoms with E-state index >= 15 is 0 Å². The van der Waals surface area contributed by atoms with Crippen molar-refractivity contribution in [2.24, 2.45) is 0 Å². The molecule has 0 spiro atoms. The van der Waals surface area contributed by atoms with Crippen molar-refractivity contribution in [2.45, 2.75) is 6.61 Å². The smallest absolute Gasteiger partial charge is 0.207 e. The van der Waals surface area contributed by atoms with Crippen molar-refractivity contribution < 1.29 is 9.26 Å². The third-order valence-electron chi connectivity index (χ3n) is 4.15. The third kappa shape index (κ3) is 3.67. The first-order valence-corrected chi connectivity index (χ1v) is 10.1. The lowest BCUT2D eigenvalue weighted by molar-refractivity contribution is 0.341. The fourth-order valence-corrected chi connectivity index (χ4v) is 5.13. The zero-order chi connectivity index (χ0) is 16.8. The SMILES string of the molecule is COc1ccc(CO[P+](C)(c2ccccc2)c2ccccc2)cc1. The summed E-state index contributed by atoms with van der Waals surface area (Å²) >= 11 is 0. The highest BCUT2D eigenvalue weighted by molar-refractivity contribution is 7.84. The lowest BCUT2D eigenvalue weighted by atomic mass is 10.2. The van der Waals surface area contributed by atoms with E-state index in [2.05, 4.69) is 67.3 Å². The van der Waals surface area contributed by atoms with Crippen LogP contribution in [0.1, 0.15) is 5.56 Å². The number of benzene rings is 3. The van der Waals surface area contributed by atoms with Crippen molar-refractivity contribution in [1.29, 1.82) is 0 Å². The summed E-state index contributed by atoms with van der Waals surface area (Å²) in [5.74, 6) is 0.863. The summed E-state index contributed by atoms with van der Waals surface area (Å²) in [6, 6.07) is 29.1. The van der Waals surface area contributed by atoms with E-state index in [1.165, 1.54) is 10.6 Å². The van der Waals surface area contributed by atoms with Gasteiger partial charge >= 0.3 is 0 Å². The quantitative estimate of drug-likeness (QED) is 0.620. The average molecular weight is 337 g/mol. The van der Waals surface area contributed by atoms with E-state index in [9.17, 15) is 0 Å². The van der Waals surface area contributed by atoms with E-state index in [1.807, 2.05) is 24.3 Å². The van der Waals surface area contributed by atoms with Crippen LogP contribution in [-0.4, -0.2) is 13.8 Å². The molecule has 0 aliphatic rings. The molecule has 3 aromatic carbocycles. The molecule has 0 radical (unpaired) electrons. The third-order valence-corrected chi connectivity index (χ3v) is 7.36. The van der Waals surface area contributed by atoms with E-state index in [0.29, 0.717) is 6.61 Å². The Bertz CT molecular complexity index is 715. The van der Waals surface area contributed by atoms with Crippen molar-refractivity contribution in [3.8, 4) is 5.75 Å². The predicted octanol–water partition coefficient (Wildman–Crippen LogP) is 4.43. The van der Waals surface area contributed by atoms with Crippen LogP contribution in [0.3, 0.4) is 0 Å². The van der Waals surface area contributed by atoms with Gasteiger partial charge in [-0.15, -0.1) is 0 Å². The molecule has 24 heavy (non-hydrogen) atoms. The average Bonchev–Trinajstić information content (AvgIpc) is 2.68. The lowest BCUT2D eigenvalue weighted by Gasteiger charge is -2.21. The van der Waals surface area contributed by atoms with Gasteiger partial charge in [-0.2, -0.15) is 0 Å². The Morgan fingerprint density at radius 1 is 0.708 bits per heavy atom. The second kappa shape index (κ2) is 7.61. The Morgan fingerprint density at radius 2 is 1.21 bits per heavy atom. The van der Waals surface area contributed by atoms with Crippen LogP contribution in [0, 0.1) is 0 Å². The summed E-state index contributed by atoms with van der Waals surface area (Å²) in [5.41, 5.74) is 1.15. The molecule has 3 heteroatoms. The largest absolute Gasteiger partial charge is 0.497 e. The molecule has 0 heterocycles. The predicted molar refractivity (Wildman–Crippen MR) is 103 cm³/mol. The van der Waals surface area contributed by atoms with Crippen LogP contribution >= 0.6 is 7.49 Å². The monoisotopic (exact) mass is 337 g/mol. The molecule has 0 aromatic heterocycles. The molecule has 3 aromatic rings. The van der Waals surface area contributed by atoms with Crippen LogP contribution in [0.2, 0.25) is 0 Å². The topological polar surface area (TPSA) is 18.5 Å². The van der Waals surface area contributed by atoms with Gasteiger partial charge in [0, 0.05) is 0 Å². The molecule has 0 N–H and O–H groups in total. The van der Waals surface area contributed by atoms with Gasteiger partial charge in [-0.25, -0.2) is 4.52 Å². The van der Waals surface area contributed by atoms with E-state index in [0.717, 1.165) is 11.3 Å². The second-order valence-electron chi connectivity index (χ2n) is 5.72. The van der Waals surface area contributed by atoms with Crippen LogP contribution in [0.25, 0.3) is 0 Å². The minimum absolute atomic E-state index is 0.581. The first-order valence-electron chi connectivity index (χ1n) is 7.97. The van der Waals surface area contributed by atoms with Gasteiger partial charge in [-0.3, -0.25) is 0 Å². The summed E-state index contributed by atoms with van der Waals surface area (Å²) in [5, 5.41) is 2.51. The van der Waals surface area contributed by atoms with Crippen LogP contribution < -0.4 is 15.3 Å². The molecule has 3 rings (SSSR count). The zero-order valence-electron chi connectivity index (χ0n) is 14.1. The van der Waals surface area contributed by atoms with Crippen LogP contribution in [0.5, 0.6) is 5.75 Å². The van der Waals surface area contributed by atoms with E-state index in [1.54, 1.807) is 7.11 Å². The lowest BCUT2D eigenvalue weighted by Crippen LogP contribution is -2.23. The number of hydrogen-bond acceptors (Lipinski definition) is 2. The van der Waals surface area contributed by atoms with E-state index in [4.69, 9.17) is 9.26 Å². The van der Waals surface area contributed by atoms with Crippen molar-refractivity contribution in [2.75, 3.05) is 13.8 Å². The highest BCUT2D eigenvalue weighted by atomic mass is 31.2. The summed E-state index contributed by atoms with van der Waals surface area (Å²) < 4.78 is 11.8. The molecule has 0 aliphatic heterocycles. The Kier molecular flexibility index (Phi) is 5.30. The standard InChI is InChI=1S/C21H22O2P/c1-22-19-15-13-18(14-16-19)17-23-24(2,20-9-5-3-6-10-20)21-11-7-4-8-12-21/h3-16H,17H2,1-2H3/q+1. The minimum atomic E-state index is -1.89. The number of ether oxygens (including phenoxy) is 1. The summed E-state index contributed by atoms with van der Waals surface area (Å²) in [6.07, 6.45) is 0. The molecular formula is C21H22O2P+. The minimum Gasteiger partial charge on any atom is -0.497 e. The van der Waals surface area contributed by atoms with Gasteiger partial charge < -0.3 is 4.74 Å². The molecule has 0 fully saturated rings. The van der Waals surface area contributed by atoms with Gasteiger partial charge in [0.2, 0.25) is 7.49 Å². The fourth-order valence-electron chi connectivity index (χ4n) is 2.65. The second-order valence-corrected chi connectivity index (χ2v) is 8.86. The highest BCUT2D eigenvalue weighted by Crippen LogP contribution is 2.54. The number of rotatable bonds is 6. The van der Waals surface area contributed by atoms with Gasteiger partial charge in [0.15, 0.2) is 0 Å². The first kappa shape index (κ1) is 16.7. The van der Waals surface area contributed by atoms with Gasteiger partial charge in [-0.05, 0) is 42.0 Å². The molecule has 0 bridgehead atoms. The van der Waals surface area contributed by atoms with Gasteiger partial charge in [-0.1, -0.05) is 48.5 Å². The molecule has 0 aliphatic carbocycles. The molecule has 0 saturated heterocycles. The van der Waals surface area contributed by atoms with E-state index < -0.39 is 7.49 Å². The van der Waals surface area contributed by atoms with Gasteiger partial charge in [0.25, 0.3) is 0 Å². The molecule has 2 nitrogen and oxygen atoms in total. The maximum atomic E-state index is 6.53. The zero-order valence-corrected chi connectivity index (χ0v) is 14.9. The fraction of sp³-hybridized carbons (Fsp3) is 0.143. The van der Waals surface area contributed by atoms with E-state index in [-0.39, 0.29) is 0 Å². The van der Waals surface area contributed by atoms with Crippen molar-refractivity contribution in [3.05, 3.63) is 90.5 Å². The van der Waals surface area contributed by atoms with Crippen LogP contribution in [0.15, 0.2) is 84.9 Å². The number of hydrogen-bond donors (Lipinski definition) is 0. The molecule has 122 valence electrons. The van der Waals surface area contributed by atoms with Crippen molar-refractivity contribution >= 4 is 18.1 Å². The highest BCUT2D eigenvalue weighted by Gasteiger charge is 2.39. The van der Waals surface area contributed by atoms with Gasteiger partial charge in [0.1, 0.15) is 23.0 Å². The maximum absolute atomic E-state index is 6.53. The summed E-state index contributed by atoms with van der Waals surface area (Å²) in [4.78, 5) is 0. The summed E-state index contributed by atoms with van der Waals surface area (Å²) in [7, 11) is -0.210. The summed E-state index contributed by atoms with van der Waals surface area (Å²) in [6.45, 7) is 2.82.